The van der Waals surface area contributed by atoms with E-state index >= 15 is 0 Å². The summed E-state index contributed by atoms with van der Waals surface area (Å²) in [7, 11) is 1.67. The molecule has 0 aromatic heterocycles. The zero-order valence-electron chi connectivity index (χ0n) is 24.1. The standard InChI is InChI=1S/C33H51NO4/c1-21(5-12-30(37)34-18-15-22-6-8-25(38-4)9-7-22)26-10-11-27-31-28(14-17-33(26,27)3)32(2)16-13-24(35)19-23(32)20-29(31)36/h6-9,21,23-24,26-29,31,35-36H,5,10-20H2,1-4H3,(H,34,37)/t21-,23-,24-,26+,27-,28-,29+,31+,32+,33-/m1/s1. The van der Waals surface area contributed by atoms with Gasteiger partial charge in [-0.2, -0.15) is 0 Å². The maximum absolute atomic E-state index is 12.7. The van der Waals surface area contributed by atoms with Crippen LogP contribution in [0.15, 0.2) is 24.3 Å². The number of benzene rings is 1. The van der Waals surface area contributed by atoms with Crippen molar-refractivity contribution in [2.45, 2.75) is 104 Å². The van der Waals surface area contributed by atoms with Crippen LogP contribution in [0.2, 0.25) is 0 Å². The van der Waals surface area contributed by atoms with E-state index in [9.17, 15) is 15.0 Å². The molecule has 1 aromatic rings. The summed E-state index contributed by atoms with van der Waals surface area (Å²) in [6, 6.07) is 8.04. The van der Waals surface area contributed by atoms with Crippen molar-refractivity contribution in [2.75, 3.05) is 13.7 Å². The molecule has 0 saturated heterocycles. The van der Waals surface area contributed by atoms with Gasteiger partial charge in [-0.3, -0.25) is 4.79 Å². The third-order valence-electron chi connectivity index (χ3n) is 12.1. The molecule has 4 fully saturated rings. The maximum atomic E-state index is 12.7. The third kappa shape index (κ3) is 5.14. The van der Waals surface area contributed by atoms with Crippen LogP contribution in [-0.4, -0.2) is 42.0 Å². The number of carbonyl (C=O) groups is 1. The molecule has 5 nitrogen and oxygen atoms in total. The molecule has 4 saturated carbocycles. The van der Waals surface area contributed by atoms with Crippen LogP contribution in [0.1, 0.15) is 90.5 Å². The summed E-state index contributed by atoms with van der Waals surface area (Å²) in [4.78, 5) is 12.7. The molecule has 4 aliphatic rings. The Labute approximate surface area is 230 Å². The molecule has 38 heavy (non-hydrogen) atoms. The number of hydrogen-bond donors (Lipinski definition) is 3. The second-order valence-corrected chi connectivity index (χ2v) is 13.9. The van der Waals surface area contributed by atoms with Gasteiger partial charge in [-0.25, -0.2) is 0 Å². The second-order valence-electron chi connectivity index (χ2n) is 13.9. The minimum Gasteiger partial charge on any atom is -0.497 e. The molecule has 1 amide bonds. The SMILES string of the molecule is COc1ccc(CCNC(=O)CC[C@@H](C)[C@@H]2CC[C@@H]3[C@H]4[C@@H](CC[C@@]32C)[C@@]2(C)CC[C@@H](O)C[C@@H]2C[C@@H]4O)cc1. The molecule has 0 aliphatic heterocycles. The Morgan fingerprint density at radius 2 is 1.74 bits per heavy atom. The number of amides is 1. The van der Waals surface area contributed by atoms with Crippen molar-refractivity contribution in [1.82, 2.24) is 5.32 Å². The number of hydrogen-bond acceptors (Lipinski definition) is 4. The average Bonchev–Trinajstić information content (AvgIpc) is 3.26. The summed E-state index contributed by atoms with van der Waals surface area (Å²) >= 11 is 0. The van der Waals surface area contributed by atoms with Gasteiger partial charge >= 0.3 is 0 Å². The van der Waals surface area contributed by atoms with Crippen LogP contribution in [0.25, 0.3) is 0 Å². The molecule has 4 aliphatic carbocycles. The van der Waals surface area contributed by atoms with Gasteiger partial charge in [-0.15, -0.1) is 0 Å². The quantitative estimate of drug-likeness (QED) is 0.403. The predicted octanol–water partition coefficient (Wildman–Crippen LogP) is 5.76. The van der Waals surface area contributed by atoms with E-state index in [-0.39, 0.29) is 28.9 Å². The lowest BCUT2D eigenvalue weighted by molar-refractivity contribution is -0.174. The van der Waals surface area contributed by atoms with Gasteiger partial charge in [0.25, 0.3) is 0 Å². The maximum Gasteiger partial charge on any atom is 0.220 e. The van der Waals surface area contributed by atoms with Crippen molar-refractivity contribution in [1.29, 1.82) is 0 Å². The number of rotatable bonds is 8. The first-order valence-corrected chi connectivity index (χ1v) is 15.4. The minimum absolute atomic E-state index is 0.162. The average molecular weight is 526 g/mol. The summed E-state index contributed by atoms with van der Waals surface area (Å²) in [6.45, 7) is 8.04. The fourth-order valence-electron chi connectivity index (χ4n) is 9.96. The molecular formula is C33H51NO4. The smallest absolute Gasteiger partial charge is 0.220 e. The Morgan fingerprint density at radius 1 is 1.03 bits per heavy atom. The number of carbonyl (C=O) groups excluding carboxylic acids is 1. The molecule has 0 radical (unpaired) electrons. The highest BCUT2D eigenvalue weighted by Gasteiger charge is 2.62. The molecule has 5 rings (SSSR count). The highest BCUT2D eigenvalue weighted by Crippen LogP contribution is 2.68. The highest BCUT2D eigenvalue weighted by molar-refractivity contribution is 5.75. The van der Waals surface area contributed by atoms with Crippen molar-refractivity contribution in [3.63, 3.8) is 0 Å². The van der Waals surface area contributed by atoms with Crippen molar-refractivity contribution in [3.05, 3.63) is 29.8 Å². The van der Waals surface area contributed by atoms with E-state index in [1.807, 2.05) is 12.1 Å². The molecule has 0 spiro atoms. The van der Waals surface area contributed by atoms with Crippen LogP contribution in [0, 0.1) is 46.3 Å². The van der Waals surface area contributed by atoms with Crippen molar-refractivity contribution >= 4 is 5.91 Å². The van der Waals surface area contributed by atoms with Crippen LogP contribution in [0.4, 0.5) is 0 Å². The van der Waals surface area contributed by atoms with Gasteiger partial charge in [-0.1, -0.05) is 32.9 Å². The molecule has 0 bridgehead atoms. The fourth-order valence-corrected chi connectivity index (χ4v) is 9.96. The summed E-state index contributed by atoms with van der Waals surface area (Å²) in [5, 5.41) is 24.9. The second kappa shape index (κ2) is 11.1. The van der Waals surface area contributed by atoms with E-state index in [0.29, 0.717) is 48.5 Å². The summed E-state index contributed by atoms with van der Waals surface area (Å²) in [5.41, 5.74) is 1.75. The summed E-state index contributed by atoms with van der Waals surface area (Å²) < 4.78 is 5.22. The first-order chi connectivity index (χ1) is 18.2. The van der Waals surface area contributed by atoms with E-state index in [4.69, 9.17) is 4.74 Å². The number of aliphatic hydroxyl groups is 2. The van der Waals surface area contributed by atoms with Crippen molar-refractivity contribution in [3.8, 4) is 5.75 Å². The summed E-state index contributed by atoms with van der Waals surface area (Å²) in [5.74, 6) is 4.21. The zero-order chi connectivity index (χ0) is 27.1. The first-order valence-electron chi connectivity index (χ1n) is 15.4. The van der Waals surface area contributed by atoms with E-state index in [1.165, 1.54) is 31.2 Å². The predicted molar refractivity (Wildman–Crippen MR) is 151 cm³/mol. The topological polar surface area (TPSA) is 78.8 Å². The fraction of sp³-hybridized carbons (Fsp3) is 0.788. The molecule has 1 aromatic carbocycles. The summed E-state index contributed by atoms with van der Waals surface area (Å²) in [6.07, 6.45) is 10.7. The van der Waals surface area contributed by atoms with Gasteiger partial charge in [0.05, 0.1) is 19.3 Å². The van der Waals surface area contributed by atoms with Crippen LogP contribution >= 0.6 is 0 Å². The van der Waals surface area contributed by atoms with Gasteiger partial charge in [0.2, 0.25) is 5.91 Å². The molecule has 0 heterocycles. The van der Waals surface area contributed by atoms with E-state index in [1.54, 1.807) is 7.11 Å². The lowest BCUT2D eigenvalue weighted by Crippen LogP contribution is -2.58. The molecule has 0 unspecified atom stereocenters. The van der Waals surface area contributed by atoms with Crippen LogP contribution < -0.4 is 10.1 Å². The number of nitrogens with one attached hydrogen (secondary N) is 1. The van der Waals surface area contributed by atoms with Crippen LogP contribution in [-0.2, 0) is 11.2 Å². The van der Waals surface area contributed by atoms with Gasteiger partial charge in [-0.05, 0) is 128 Å². The lowest BCUT2D eigenvalue weighted by atomic mass is 9.43. The zero-order valence-corrected chi connectivity index (χ0v) is 24.1. The van der Waals surface area contributed by atoms with Crippen LogP contribution in [0.3, 0.4) is 0 Å². The highest BCUT2D eigenvalue weighted by atomic mass is 16.5. The number of ether oxygens (including phenoxy) is 1. The van der Waals surface area contributed by atoms with Gasteiger partial charge < -0.3 is 20.3 Å². The Kier molecular flexibility index (Phi) is 8.18. The lowest BCUT2D eigenvalue weighted by Gasteiger charge is -2.62. The first kappa shape index (κ1) is 28.0. The third-order valence-corrected chi connectivity index (χ3v) is 12.1. The van der Waals surface area contributed by atoms with Gasteiger partial charge in [0, 0.05) is 13.0 Å². The van der Waals surface area contributed by atoms with Crippen molar-refractivity contribution < 1.29 is 19.7 Å². The number of fused-ring (bicyclic) bond motifs is 5. The Balaban J connectivity index is 1.14. The van der Waals surface area contributed by atoms with Crippen LogP contribution in [0.5, 0.6) is 5.75 Å². The Bertz CT molecular complexity index is 964. The molecular weight excluding hydrogens is 474 g/mol. The number of methoxy groups -OCH3 is 1. The van der Waals surface area contributed by atoms with E-state index in [0.717, 1.165) is 44.3 Å². The monoisotopic (exact) mass is 525 g/mol. The van der Waals surface area contributed by atoms with Gasteiger partial charge in [0.15, 0.2) is 0 Å². The normalized spacial score (nSPS) is 40.9. The van der Waals surface area contributed by atoms with Crippen molar-refractivity contribution in [2.24, 2.45) is 46.3 Å². The molecule has 5 heteroatoms. The Morgan fingerprint density at radius 3 is 2.47 bits per heavy atom. The molecule has 10 atom stereocenters. The molecule has 3 N–H and O–H groups in total. The largest absolute Gasteiger partial charge is 0.497 e. The Hall–Kier alpha value is -1.59. The van der Waals surface area contributed by atoms with Gasteiger partial charge in [0.1, 0.15) is 5.75 Å². The minimum atomic E-state index is -0.224. The van der Waals surface area contributed by atoms with E-state index in [2.05, 4.69) is 38.2 Å². The molecule has 212 valence electrons. The van der Waals surface area contributed by atoms with E-state index < -0.39 is 0 Å². The number of aliphatic hydroxyl groups excluding tert-OH is 2.